The Labute approximate surface area is 123 Å². The molecule has 21 heavy (non-hydrogen) atoms. The number of rotatable bonds is 3. The van der Waals surface area contributed by atoms with Gasteiger partial charge in [0, 0.05) is 10.9 Å². The highest BCUT2D eigenvalue weighted by molar-refractivity contribution is 7.99. The summed E-state index contributed by atoms with van der Waals surface area (Å²) in [6, 6.07) is 12.2. The molecule has 0 aliphatic rings. The van der Waals surface area contributed by atoms with Gasteiger partial charge in [0.1, 0.15) is 16.7 Å². The van der Waals surface area contributed by atoms with Crippen LogP contribution < -0.4 is 0 Å². The van der Waals surface area contributed by atoms with Gasteiger partial charge in [-0.1, -0.05) is 30.0 Å². The third kappa shape index (κ3) is 2.78. The molecule has 0 unspecified atom stereocenters. The molecule has 3 rings (SSSR count). The summed E-state index contributed by atoms with van der Waals surface area (Å²) in [7, 11) is 0. The lowest BCUT2D eigenvalue weighted by Gasteiger charge is -2.07. The highest BCUT2D eigenvalue weighted by atomic mass is 32.2. The van der Waals surface area contributed by atoms with Crippen LogP contribution in [0.3, 0.4) is 0 Å². The molecule has 1 aromatic heterocycles. The van der Waals surface area contributed by atoms with Gasteiger partial charge in [-0.3, -0.25) is 4.79 Å². The topological polar surface area (TPSA) is 30.0 Å². The van der Waals surface area contributed by atoms with Crippen LogP contribution >= 0.6 is 11.8 Å². The van der Waals surface area contributed by atoms with Crippen LogP contribution in [0.5, 0.6) is 0 Å². The number of pyridine rings is 1. The molecule has 1 heterocycles. The van der Waals surface area contributed by atoms with E-state index in [0.717, 1.165) is 35.3 Å². The monoisotopic (exact) mass is 301 g/mol. The summed E-state index contributed by atoms with van der Waals surface area (Å²) in [6.07, 6.45) is 0.666. The van der Waals surface area contributed by atoms with Crippen LogP contribution in [0, 0.1) is 11.6 Å². The second kappa shape index (κ2) is 5.61. The van der Waals surface area contributed by atoms with Crippen molar-refractivity contribution in [2.24, 2.45) is 0 Å². The standard InChI is InChI=1S/C16H9F2NOS/c17-12-5-6-13(18)15(8-12)21-16-11(9-20)7-10-3-1-2-4-14(10)19-16/h1-9H. The van der Waals surface area contributed by atoms with Crippen LogP contribution in [0.15, 0.2) is 58.5 Å². The van der Waals surface area contributed by atoms with E-state index in [0.29, 0.717) is 22.4 Å². The number of carbonyl (C=O) groups is 1. The number of halogens is 2. The highest BCUT2D eigenvalue weighted by Crippen LogP contribution is 2.32. The molecule has 0 saturated carbocycles. The fourth-order valence-electron chi connectivity index (χ4n) is 1.94. The molecule has 5 heteroatoms. The molecule has 0 saturated heterocycles. The van der Waals surface area contributed by atoms with Gasteiger partial charge in [-0.2, -0.15) is 0 Å². The first-order chi connectivity index (χ1) is 10.2. The predicted octanol–water partition coefficient (Wildman–Crippen LogP) is 4.48. The lowest BCUT2D eigenvalue weighted by Crippen LogP contribution is -1.93. The van der Waals surface area contributed by atoms with Crippen molar-refractivity contribution in [1.82, 2.24) is 4.98 Å². The molecule has 0 aliphatic carbocycles. The molecule has 0 spiro atoms. The molecule has 0 fully saturated rings. The van der Waals surface area contributed by atoms with Crippen LogP contribution in [0.25, 0.3) is 10.9 Å². The Balaban J connectivity index is 2.10. The predicted molar refractivity (Wildman–Crippen MR) is 77.6 cm³/mol. The number of para-hydroxylation sites is 1. The number of hydrogen-bond donors (Lipinski definition) is 0. The van der Waals surface area contributed by atoms with E-state index in [1.165, 1.54) is 0 Å². The number of benzene rings is 2. The maximum atomic E-state index is 13.7. The molecular formula is C16H9F2NOS. The van der Waals surface area contributed by atoms with Crippen molar-refractivity contribution in [2.75, 3.05) is 0 Å². The van der Waals surface area contributed by atoms with Crippen molar-refractivity contribution in [1.29, 1.82) is 0 Å². The third-order valence-electron chi connectivity index (χ3n) is 2.94. The van der Waals surface area contributed by atoms with Crippen LogP contribution in [0.4, 0.5) is 8.78 Å². The lowest BCUT2D eigenvalue weighted by molar-refractivity contribution is 0.112. The summed E-state index contributed by atoms with van der Waals surface area (Å²) < 4.78 is 26.9. The van der Waals surface area contributed by atoms with Gasteiger partial charge >= 0.3 is 0 Å². The Morgan fingerprint density at radius 3 is 2.67 bits per heavy atom. The second-order valence-electron chi connectivity index (χ2n) is 4.37. The van der Waals surface area contributed by atoms with Gasteiger partial charge in [0.15, 0.2) is 6.29 Å². The first-order valence-corrected chi connectivity index (χ1v) is 6.97. The van der Waals surface area contributed by atoms with Crippen LogP contribution in [0.1, 0.15) is 10.4 Å². The van der Waals surface area contributed by atoms with Gasteiger partial charge in [-0.15, -0.1) is 0 Å². The average molecular weight is 301 g/mol. The smallest absolute Gasteiger partial charge is 0.152 e. The number of hydrogen-bond acceptors (Lipinski definition) is 3. The Hall–Kier alpha value is -2.27. The number of aromatic nitrogens is 1. The van der Waals surface area contributed by atoms with Crippen molar-refractivity contribution in [2.45, 2.75) is 9.92 Å². The van der Waals surface area contributed by atoms with Gasteiger partial charge in [0.2, 0.25) is 0 Å². The quantitative estimate of drug-likeness (QED) is 0.668. The Morgan fingerprint density at radius 1 is 1.05 bits per heavy atom. The van der Waals surface area contributed by atoms with Crippen molar-refractivity contribution in [3.8, 4) is 0 Å². The number of carbonyl (C=O) groups excluding carboxylic acids is 1. The molecule has 0 aliphatic heterocycles. The first kappa shape index (κ1) is 13.7. The largest absolute Gasteiger partial charge is 0.298 e. The molecule has 0 atom stereocenters. The SMILES string of the molecule is O=Cc1cc2ccccc2nc1Sc1cc(F)ccc1F. The van der Waals surface area contributed by atoms with Gasteiger partial charge in [-0.25, -0.2) is 13.8 Å². The minimum Gasteiger partial charge on any atom is -0.298 e. The normalized spacial score (nSPS) is 10.8. The van der Waals surface area contributed by atoms with Gasteiger partial charge in [0.25, 0.3) is 0 Å². The zero-order valence-corrected chi connectivity index (χ0v) is 11.5. The van der Waals surface area contributed by atoms with Crippen LogP contribution in [-0.4, -0.2) is 11.3 Å². The Morgan fingerprint density at radius 2 is 1.86 bits per heavy atom. The van der Waals surface area contributed by atoms with Gasteiger partial charge in [-0.05, 0) is 30.3 Å². The summed E-state index contributed by atoms with van der Waals surface area (Å²) >= 11 is 0.937. The van der Waals surface area contributed by atoms with Crippen molar-refractivity contribution in [3.63, 3.8) is 0 Å². The number of nitrogens with zero attached hydrogens (tertiary/aromatic N) is 1. The van der Waals surface area contributed by atoms with Gasteiger partial charge in [0.05, 0.1) is 10.4 Å². The number of aldehydes is 1. The maximum absolute atomic E-state index is 13.7. The van der Waals surface area contributed by atoms with Crippen LogP contribution in [-0.2, 0) is 0 Å². The van der Waals surface area contributed by atoms with E-state index in [2.05, 4.69) is 4.98 Å². The highest BCUT2D eigenvalue weighted by Gasteiger charge is 2.12. The summed E-state index contributed by atoms with van der Waals surface area (Å²) in [5, 5.41) is 1.18. The Bertz CT molecular complexity index is 836. The average Bonchev–Trinajstić information content (AvgIpc) is 2.50. The summed E-state index contributed by atoms with van der Waals surface area (Å²) in [6.45, 7) is 0. The maximum Gasteiger partial charge on any atom is 0.152 e. The summed E-state index contributed by atoms with van der Waals surface area (Å²) in [5.74, 6) is -1.08. The zero-order chi connectivity index (χ0) is 14.8. The fourth-order valence-corrected chi connectivity index (χ4v) is 2.85. The van der Waals surface area contributed by atoms with E-state index in [9.17, 15) is 13.6 Å². The molecule has 104 valence electrons. The minimum absolute atomic E-state index is 0.0980. The van der Waals surface area contributed by atoms with E-state index < -0.39 is 11.6 Å². The zero-order valence-electron chi connectivity index (χ0n) is 10.7. The Kier molecular flexibility index (Phi) is 3.66. The summed E-state index contributed by atoms with van der Waals surface area (Å²) in [4.78, 5) is 15.6. The first-order valence-electron chi connectivity index (χ1n) is 6.15. The molecule has 2 aromatic carbocycles. The van der Waals surface area contributed by atoms with E-state index >= 15 is 0 Å². The van der Waals surface area contributed by atoms with Gasteiger partial charge < -0.3 is 0 Å². The minimum atomic E-state index is -0.548. The molecule has 0 N–H and O–H groups in total. The van der Waals surface area contributed by atoms with Crippen LogP contribution in [0.2, 0.25) is 0 Å². The molecule has 0 amide bonds. The van der Waals surface area contributed by atoms with Crippen molar-refractivity contribution < 1.29 is 13.6 Å². The van der Waals surface area contributed by atoms with E-state index in [1.807, 2.05) is 18.2 Å². The number of fused-ring (bicyclic) bond motifs is 1. The molecular weight excluding hydrogens is 292 g/mol. The van der Waals surface area contributed by atoms with E-state index in [1.54, 1.807) is 12.1 Å². The molecule has 2 nitrogen and oxygen atoms in total. The second-order valence-corrected chi connectivity index (χ2v) is 5.40. The molecule has 0 radical (unpaired) electrons. The van der Waals surface area contributed by atoms with Crippen molar-refractivity contribution in [3.05, 3.63) is 65.7 Å². The van der Waals surface area contributed by atoms with E-state index in [4.69, 9.17) is 0 Å². The lowest BCUT2D eigenvalue weighted by atomic mass is 10.2. The fraction of sp³-hybridized carbons (Fsp3) is 0. The van der Waals surface area contributed by atoms with Crippen molar-refractivity contribution >= 4 is 29.0 Å². The molecule has 0 bridgehead atoms. The van der Waals surface area contributed by atoms with E-state index in [-0.39, 0.29) is 4.90 Å². The third-order valence-corrected chi connectivity index (χ3v) is 4.00. The molecule has 3 aromatic rings. The summed E-state index contributed by atoms with van der Waals surface area (Å²) in [5.41, 5.74) is 1.05.